The standard InChI is InChI=1S/C21H18N6S/c1-13(14-5-3-2-4-6-14)23-21-25-18-9-10-28-19(18)20(26-21)24-16-7-8-17-15(11-16)12-22-27-17/h2-13H,1H3,(H,22,27)(H2,23,24,25,26). The number of fused-ring (bicyclic) bond motifs is 2. The van der Waals surface area contributed by atoms with E-state index in [1.54, 1.807) is 11.3 Å². The zero-order chi connectivity index (χ0) is 18.9. The van der Waals surface area contributed by atoms with Crippen LogP contribution >= 0.6 is 11.3 Å². The molecule has 3 aromatic heterocycles. The maximum atomic E-state index is 4.76. The highest BCUT2D eigenvalue weighted by Crippen LogP contribution is 2.31. The van der Waals surface area contributed by atoms with E-state index >= 15 is 0 Å². The van der Waals surface area contributed by atoms with Crippen molar-refractivity contribution in [1.29, 1.82) is 0 Å². The molecular weight excluding hydrogens is 368 g/mol. The molecule has 7 heteroatoms. The highest BCUT2D eigenvalue weighted by Gasteiger charge is 2.12. The topological polar surface area (TPSA) is 78.5 Å². The van der Waals surface area contributed by atoms with Gasteiger partial charge in [-0.2, -0.15) is 10.1 Å². The van der Waals surface area contributed by atoms with Crippen LogP contribution in [0.2, 0.25) is 0 Å². The molecule has 138 valence electrons. The van der Waals surface area contributed by atoms with E-state index in [4.69, 9.17) is 4.98 Å². The minimum absolute atomic E-state index is 0.104. The molecular formula is C21H18N6S. The molecule has 3 N–H and O–H groups in total. The van der Waals surface area contributed by atoms with Crippen LogP contribution < -0.4 is 10.6 Å². The Bertz CT molecular complexity index is 1240. The van der Waals surface area contributed by atoms with Gasteiger partial charge in [-0.25, -0.2) is 4.98 Å². The van der Waals surface area contributed by atoms with Crippen LogP contribution in [0.1, 0.15) is 18.5 Å². The van der Waals surface area contributed by atoms with Gasteiger partial charge in [-0.1, -0.05) is 30.3 Å². The van der Waals surface area contributed by atoms with Gasteiger partial charge < -0.3 is 10.6 Å². The minimum Gasteiger partial charge on any atom is -0.348 e. The lowest BCUT2D eigenvalue weighted by Crippen LogP contribution is -2.10. The summed E-state index contributed by atoms with van der Waals surface area (Å²) in [7, 11) is 0. The highest BCUT2D eigenvalue weighted by molar-refractivity contribution is 7.17. The van der Waals surface area contributed by atoms with E-state index < -0.39 is 0 Å². The van der Waals surface area contributed by atoms with Crippen LogP contribution in [-0.4, -0.2) is 20.2 Å². The average molecular weight is 386 g/mol. The third kappa shape index (κ3) is 3.16. The van der Waals surface area contributed by atoms with Gasteiger partial charge in [0.15, 0.2) is 5.82 Å². The van der Waals surface area contributed by atoms with Crippen LogP contribution in [0.5, 0.6) is 0 Å². The number of thiophene rings is 1. The summed E-state index contributed by atoms with van der Waals surface area (Å²) in [6.45, 7) is 2.11. The fourth-order valence-electron chi connectivity index (χ4n) is 3.19. The van der Waals surface area contributed by atoms with Crippen LogP contribution in [0.3, 0.4) is 0 Å². The predicted octanol–water partition coefficient (Wildman–Crippen LogP) is 5.48. The Balaban J connectivity index is 1.48. The fourth-order valence-corrected chi connectivity index (χ4v) is 3.96. The molecule has 0 bridgehead atoms. The lowest BCUT2D eigenvalue weighted by atomic mass is 10.1. The molecule has 5 rings (SSSR count). The predicted molar refractivity (Wildman–Crippen MR) is 115 cm³/mol. The van der Waals surface area contributed by atoms with Crippen molar-refractivity contribution in [2.75, 3.05) is 10.6 Å². The normalized spacial score (nSPS) is 12.3. The van der Waals surface area contributed by atoms with Gasteiger partial charge in [0.05, 0.1) is 28.0 Å². The summed E-state index contributed by atoms with van der Waals surface area (Å²) in [4.78, 5) is 9.43. The van der Waals surface area contributed by atoms with Crippen molar-refractivity contribution < 1.29 is 0 Å². The molecule has 0 amide bonds. The van der Waals surface area contributed by atoms with E-state index in [-0.39, 0.29) is 6.04 Å². The van der Waals surface area contributed by atoms with Gasteiger partial charge in [0.1, 0.15) is 0 Å². The van der Waals surface area contributed by atoms with Gasteiger partial charge in [0, 0.05) is 11.1 Å². The van der Waals surface area contributed by atoms with Gasteiger partial charge >= 0.3 is 0 Å². The second kappa shape index (κ2) is 6.94. The van der Waals surface area contributed by atoms with Crippen LogP contribution in [0.4, 0.5) is 17.5 Å². The van der Waals surface area contributed by atoms with Crippen molar-refractivity contribution in [3.63, 3.8) is 0 Å². The zero-order valence-corrected chi connectivity index (χ0v) is 16.0. The molecule has 5 aromatic rings. The Morgan fingerprint density at radius 3 is 2.82 bits per heavy atom. The Labute approximate surface area is 165 Å². The molecule has 0 aliphatic carbocycles. The molecule has 0 spiro atoms. The number of hydrogen-bond acceptors (Lipinski definition) is 6. The molecule has 1 unspecified atom stereocenters. The summed E-state index contributed by atoms with van der Waals surface area (Å²) in [5, 5.41) is 17.0. The van der Waals surface area contributed by atoms with Crippen molar-refractivity contribution >= 4 is 49.9 Å². The van der Waals surface area contributed by atoms with Crippen LogP contribution in [0.15, 0.2) is 66.2 Å². The Morgan fingerprint density at radius 2 is 1.93 bits per heavy atom. The molecule has 0 radical (unpaired) electrons. The number of nitrogens with zero attached hydrogens (tertiary/aromatic N) is 3. The van der Waals surface area contributed by atoms with Gasteiger partial charge in [0.25, 0.3) is 0 Å². The number of aromatic amines is 1. The Morgan fingerprint density at radius 1 is 1.04 bits per heavy atom. The summed E-state index contributed by atoms with van der Waals surface area (Å²) in [6.07, 6.45) is 1.82. The number of hydrogen-bond donors (Lipinski definition) is 3. The van der Waals surface area contributed by atoms with E-state index in [2.05, 4.69) is 50.9 Å². The van der Waals surface area contributed by atoms with E-state index in [1.165, 1.54) is 5.56 Å². The highest BCUT2D eigenvalue weighted by atomic mass is 32.1. The number of aromatic nitrogens is 4. The maximum absolute atomic E-state index is 4.76. The third-order valence-electron chi connectivity index (χ3n) is 4.65. The number of benzene rings is 2. The third-order valence-corrected chi connectivity index (χ3v) is 5.56. The van der Waals surface area contributed by atoms with Crippen molar-refractivity contribution in [1.82, 2.24) is 20.2 Å². The molecule has 2 aromatic carbocycles. The molecule has 0 fully saturated rings. The smallest absolute Gasteiger partial charge is 0.225 e. The Kier molecular flexibility index (Phi) is 4.14. The molecule has 0 aliphatic rings. The largest absolute Gasteiger partial charge is 0.348 e. The van der Waals surface area contributed by atoms with Gasteiger partial charge in [-0.05, 0) is 42.1 Å². The molecule has 0 aliphatic heterocycles. The van der Waals surface area contributed by atoms with Crippen molar-refractivity contribution in [3.8, 4) is 0 Å². The lowest BCUT2D eigenvalue weighted by molar-refractivity contribution is 0.864. The first-order chi connectivity index (χ1) is 13.8. The second-order valence-corrected chi connectivity index (χ2v) is 7.52. The number of nitrogens with one attached hydrogen (secondary N) is 3. The number of H-pyrrole nitrogens is 1. The summed E-state index contributed by atoms with van der Waals surface area (Å²) in [5.74, 6) is 1.40. The van der Waals surface area contributed by atoms with E-state index in [0.29, 0.717) is 5.95 Å². The molecule has 0 saturated carbocycles. The van der Waals surface area contributed by atoms with E-state index in [1.807, 2.05) is 48.0 Å². The summed E-state index contributed by atoms with van der Waals surface area (Å²) in [6, 6.07) is 18.5. The van der Waals surface area contributed by atoms with Gasteiger partial charge in [-0.15, -0.1) is 11.3 Å². The van der Waals surface area contributed by atoms with Crippen molar-refractivity contribution in [2.24, 2.45) is 0 Å². The molecule has 1 atom stereocenters. The Hall–Kier alpha value is -3.45. The van der Waals surface area contributed by atoms with Crippen LogP contribution in [0.25, 0.3) is 21.1 Å². The number of rotatable bonds is 5. The van der Waals surface area contributed by atoms with E-state index in [9.17, 15) is 0 Å². The molecule has 28 heavy (non-hydrogen) atoms. The van der Waals surface area contributed by atoms with Gasteiger partial charge in [0.2, 0.25) is 5.95 Å². The van der Waals surface area contributed by atoms with Crippen molar-refractivity contribution in [2.45, 2.75) is 13.0 Å². The minimum atomic E-state index is 0.104. The summed E-state index contributed by atoms with van der Waals surface area (Å²) < 4.78 is 1.03. The van der Waals surface area contributed by atoms with Crippen LogP contribution in [-0.2, 0) is 0 Å². The lowest BCUT2D eigenvalue weighted by Gasteiger charge is -2.15. The number of anilines is 3. The first-order valence-corrected chi connectivity index (χ1v) is 9.91. The second-order valence-electron chi connectivity index (χ2n) is 6.60. The fraction of sp³-hybridized carbons (Fsp3) is 0.0952. The average Bonchev–Trinajstić information content (AvgIpc) is 3.37. The maximum Gasteiger partial charge on any atom is 0.225 e. The van der Waals surface area contributed by atoms with Gasteiger partial charge in [-0.3, -0.25) is 5.10 Å². The van der Waals surface area contributed by atoms with Crippen molar-refractivity contribution in [3.05, 3.63) is 71.7 Å². The summed E-state index contributed by atoms with van der Waals surface area (Å²) in [5.41, 5.74) is 4.09. The SMILES string of the molecule is CC(Nc1nc(Nc2ccc3[nH]ncc3c2)c2sccc2n1)c1ccccc1. The summed E-state index contributed by atoms with van der Waals surface area (Å²) >= 11 is 1.63. The monoisotopic (exact) mass is 386 g/mol. The van der Waals surface area contributed by atoms with Crippen LogP contribution in [0, 0.1) is 0 Å². The molecule has 0 saturated heterocycles. The molecule has 3 heterocycles. The van der Waals surface area contributed by atoms with E-state index in [0.717, 1.165) is 32.6 Å². The molecule has 6 nitrogen and oxygen atoms in total. The quantitative estimate of drug-likeness (QED) is 0.372. The zero-order valence-electron chi connectivity index (χ0n) is 15.2. The first-order valence-electron chi connectivity index (χ1n) is 9.03. The first kappa shape index (κ1) is 16.7.